The van der Waals surface area contributed by atoms with Gasteiger partial charge in [-0.1, -0.05) is 91.0 Å². The number of benzene rings is 8. The standard InChI is InChI=1S/C50H29N7O/c1-5-18-36-31(13-1)32-14-2-6-19-37(32)54(36)44-25-11-15-33-47-43(24-12-26-46(47)58-48(33)44)57-42-28-27-30(29-45(42)56-39-21-8-4-17-35(39)52-50(56)57)53-40-22-9-10-23-41(40)55-38-20-7-3-16-34(38)51-49(53)55/h1-29H. The maximum Gasteiger partial charge on any atom is 0.220 e. The summed E-state index contributed by atoms with van der Waals surface area (Å²) in [6.45, 7) is 0. The zero-order valence-corrected chi connectivity index (χ0v) is 30.8. The second-order valence-electron chi connectivity index (χ2n) is 15.1. The number of fused-ring (bicyclic) bond motifs is 16. The van der Waals surface area contributed by atoms with Crippen molar-refractivity contribution in [1.29, 1.82) is 0 Å². The van der Waals surface area contributed by atoms with Crippen LogP contribution in [0.3, 0.4) is 0 Å². The summed E-state index contributed by atoms with van der Waals surface area (Å²) in [7, 11) is 0. The first-order chi connectivity index (χ1) is 28.8. The largest absolute Gasteiger partial charge is 0.454 e. The lowest BCUT2D eigenvalue weighted by Crippen LogP contribution is -1.97. The molecule has 0 saturated heterocycles. The molecule has 0 amide bonds. The van der Waals surface area contributed by atoms with Crippen LogP contribution in [0, 0.1) is 0 Å². The van der Waals surface area contributed by atoms with Crippen LogP contribution in [0.15, 0.2) is 180 Å². The van der Waals surface area contributed by atoms with Crippen LogP contribution in [0.25, 0.3) is 116 Å². The Morgan fingerprint density at radius 3 is 1.62 bits per heavy atom. The van der Waals surface area contributed by atoms with Crippen LogP contribution in [0.4, 0.5) is 0 Å². The van der Waals surface area contributed by atoms with Gasteiger partial charge < -0.3 is 8.98 Å². The Bertz CT molecular complexity index is 4000. The fourth-order valence-corrected chi connectivity index (χ4v) is 9.73. The molecule has 14 aromatic rings. The molecule has 8 nitrogen and oxygen atoms in total. The molecule has 8 heteroatoms. The van der Waals surface area contributed by atoms with Gasteiger partial charge in [0, 0.05) is 16.2 Å². The van der Waals surface area contributed by atoms with Crippen molar-refractivity contribution >= 4 is 99.4 Å². The van der Waals surface area contributed by atoms with Crippen molar-refractivity contribution in [2.75, 3.05) is 0 Å². The minimum absolute atomic E-state index is 0.820. The number of imidazole rings is 4. The van der Waals surface area contributed by atoms with Crippen molar-refractivity contribution in [2.24, 2.45) is 0 Å². The third kappa shape index (κ3) is 3.74. The summed E-state index contributed by atoms with van der Waals surface area (Å²) in [5.41, 5.74) is 15.3. The summed E-state index contributed by atoms with van der Waals surface area (Å²) in [5.74, 6) is 1.71. The molecule has 0 aliphatic heterocycles. The summed E-state index contributed by atoms with van der Waals surface area (Å²) in [6, 6.07) is 62.1. The van der Waals surface area contributed by atoms with Crippen LogP contribution >= 0.6 is 0 Å². The Labute approximate surface area is 328 Å². The molecule has 0 saturated carbocycles. The van der Waals surface area contributed by atoms with Crippen LogP contribution < -0.4 is 0 Å². The molecule has 0 N–H and O–H groups in total. The number of furan rings is 1. The third-order valence-corrected chi connectivity index (χ3v) is 12.1. The molecule has 0 aliphatic carbocycles. The van der Waals surface area contributed by atoms with Crippen LogP contribution in [0.5, 0.6) is 0 Å². The SMILES string of the molecule is c1ccc2c(c1)nc1n(-c3ccc4c(c3)n3c5ccccc5nc3n4-c3cccc4oc5c(-n6c7ccccc7c7ccccc76)cccc5c34)c3ccccc3n21. The highest BCUT2D eigenvalue weighted by atomic mass is 16.3. The normalized spacial score (nSPS) is 12.5. The highest BCUT2D eigenvalue weighted by Gasteiger charge is 2.24. The Hall–Kier alpha value is -8.10. The molecule has 6 heterocycles. The Balaban J connectivity index is 1.07. The average molecular weight is 744 g/mol. The van der Waals surface area contributed by atoms with Gasteiger partial charge in [-0.25, -0.2) is 9.97 Å². The minimum atomic E-state index is 0.820. The first-order valence-corrected chi connectivity index (χ1v) is 19.5. The maximum atomic E-state index is 6.93. The second-order valence-corrected chi connectivity index (χ2v) is 15.1. The summed E-state index contributed by atoms with van der Waals surface area (Å²) < 4.78 is 18.4. The molecule has 270 valence electrons. The molecule has 6 aromatic heterocycles. The van der Waals surface area contributed by atoms with Crippen LogP contribution in [-0.2, 0) is 0 Å². The van der Waals surface area contributed by atoms with Crippen LogP contribution in [0.1, 0.15) is 0 Å². The van der Waals surface area contributed by atoms with E-state index in [9.17, 15) is 0 Å². The Morgan fingerprint density at radius 2 is 0.897 bits per heavy atom. The molecule has 0 atom stereocenters. The van der Waals surface area contributed by atoms with Gasteiger partial charge in [0.15, 0.2) is 5.58 Å². The van der Waals surface area contributed by atoms with E-state index >= 15 is 0 Å². The summed E-state index contributed by atoms with van der Waals surface area (Å²) in [5, 5.41) is 4.52. The van der Waals surface area contributed by atoms with Crippen molar-refractivity contribution in [3.05, 3.63) is 176 Å². The predicted molar refractivity (Wildman–Crippen MR) is 234 cm³/mol. The first-order valence-electron chi connectivity index (χ1n) is 19.5. The van der Waals surface area contributed by atoms with Crippen molar-refractivity contribution in [1.82, 2.24) is 32.5 Å². The monoisotopic (exact) mass is 743 g/mol. The van der Waals surface area contributed by atoms with Crippen molar-refractivity contribution in [3.8, 4) is 17.1 Å². The van der Waals surface area contributed by atoms with Gasteiger partial charge in [-0.15, -0.1) is 0 Å². The maximum absolute atomic E-state index is 6.93. The molecular formula is C50H29N7O. The van der Waals surface area contributed by atoms with Crippen LogP contribution in [-0.4, -0.2) is 32.5 Å². The van der Waals surface area contributed by atoms with Gasteiger partial charge in [0.25, 0.3) is 0 Å². The van der Waals surface area contributed by atoms with Gasteiger partial charge in [-0.05, 0) is 84.9 Å². The van der Waals surface area contributed by atoms with E-state index in [1.165, 1.54) is 10.8 Å². The molecule has 0 spiro atoms. The third-order valence-electron chi connectivity index (χ3n) is 12.1. The first kappa shape index (κ1) is 30.2. The van der Waals surface area contributed by atoms with Crippen molar-refractivity contribution < 1.29 is 4.42 Å². The average Bonchev–Trinajstić information content (AvgIpc) is 4.11. The number of rotatable bonds is 3. The zero-order chi connectivity index (χ0) is 37.6. The van der Waals surface area contributed by atoms with Gasteiger partial charge in [0.05, 0.1) is 77.6 Å². The van der Waals surface area contributed by atoms with E-state index in [0.717, 1.165) is 106 Å². The van der Waals surface area contributed by atoms with E-state index in [4.69, 9.17) is 14.4 Å². The quantitative estimate of drug-likeness (QED) is 0.181. The predicted octanol–water partition coefficient (Wildman–Crippen LogP) is 12.2. The lowest BCUT2D eigenvalue weighted by molar-refractivity contribution is 0.666. The van der Waals surface area contributed by atoms with Gasteiger partial charge >= 0.3 is 0 Å². The van der Waals surface area contributed by atoms with E-state index in [1.807, 2.05) is 6.07 Å². The fraction of sp³-hybridized carbons (Fsp3) is 0. The summed E-state index contributed by atoms with van der Waals surface area (Å²) in [4.78, 5) is 10.5. The number of aromatic nitrogens is 7. The number of hydrogen-bond donors (Lipinski definition) is 0. The van der Waals surface area contributed by atoms with Crippen molar-refractivity contribution in [2.45, 2.75) is 0 Å². The molecule has 0 fully saturated rings. The van der Waals surface area contributed by atoms with Gasteiger partial charge in [-0.3, -0.25) is 17.9 Å². The summed E-state index contributed by atoms with van der Waals surface area (Å²) in [6.07, 6.45) is 0. The topological polar surface area (TPSA) is 62.5 Å². The van der Waals surface area contributed by atoms with E-state index in [1.54, 1.807) is 0 Å². The van der Waals surface area contributed by atoms with E-state index < -0.39 is 0 Å². The van der Waals surface area contributed by atoms with Gasteiger partial charge in [-0.2, -0.15) is 0 Å². The van der Waals surface area contributed by atoms with Gasteiger partial charge in [0.2, 0.25) is 11.6 Å². The summed E-state index contributed by atoms with van der Waals surface area (Å²) >= 11 is 0. The molecule has 14 rings (SSSR count). The lowest BCUT2D eigenvalue weighted by Gasteiger charge is -2.10. The highest BCUT2D eigenvalue weighted by molar-refractivity contribution is 6.15. The number of nitrogens with zero attached hydrogens (tertiary/aromatic N) is 7. The number of hydrogen-bond acceptors (Lipinski definition) is 3. The Morgan fingerprint density at radius 1 is 0.362 bits per heavy atom. The molecule has 0 bridgehead atoms. The molecule has 0 unspecified atom stereocenters. The minimum Gasteiger partial charge on any atom is -0.454 e. The fourth-order valence-electron chi connectivity index (χ4n) is 9.73. The number of para-hydroxylation sites is 9. The highest BCUT2D eigenvalue weighted by Crippen LogP contribution is 2.42. The molecule has 0 radical (unpaired) electrons. The van der Waals surface area contributed by atoms with E-state index in [2.05, 4.69) is 192 Å². The second kappa shape index (κ2) is 10.8. The smallest absolute Gasteiger partial charge is 0.220 e. The Kier molecular flexibility index (Phi) is 5.62. The van der Waals surface area contributed by atoms with E-state index in [-0.39, 0.29) is 0 Å². The lowest BCUT2D eigenvalue weighted by atomic mass is 10.1. The molecule has 8 aromatic carbocycles. The molecular weight excluding hydrogens is 715 g/mol. The molecule has 0 aliphatic rings. The van der Waals surface area contributed by atoms with Crippen molar-refractivity contribution in [3.63, 3.8) is 0 Å². The van der Waals surface area contributed by atoms with Gasteiger partial charge in [0.1, 0.15) is 5.58 Å². The molecule has 58 heavy (non-hydrogen) atoms. The zero-order valence-electron chi connectivity index (χ0n) is 30.8. The van der Waals surface area contributed by atoms with Crippen LogP contribution in [0.2, 0.25) is 0 Å². The van der Waals surface area contributed by atoms with E-state index in [0.29, 0.717) is 0 Å².